The summed E-state index contributed by atoms with van der Waals surface area (Å²) >= 11 is 0. The van der Waals surface area contributed by atoms with Gasteiger partial charge in [-0.05, 0) is 70.4 Å². The first kappa shape index (κ1) is 26.2. The summed E-state index contributed by atoms with van der Waals surface area (Å²) in [6.45, 7) is 14.2. The summed E-state index contributed by atoms with van der Waals surface area (Å²) in [5.41, 5.74) is 2.65. The van der Waals surface area contributed by atoms with Crippen LogP contribution in [0.2, 0.25) is 0 Å². The van der Waals surface area contributed by atoms with Crippen LogP contribution in [0.5, 0.6) is 5.75 Å². The van der Waals surface area contributed by atoms with Crippen molar-refractivity contribution in [1.82, 2.24) is 9.47 Å². The summed E-state index contributed by atoms with van der Waals surface area (Å²) in [5, 5.41) is 0. The number of esters is 1. The van der Waals surface area contributed by atoms with Gasteiger partial charge in [0.2, 0.25) is 0 Å². The van der Waals surface area contributed by atoms with Gasteiger partial charge in [0.05, 0.1) is 19.8 Å². The Balaban J connectivity index is 2.49. The summed E-state index contributed by atoms with van der Waals surface area (Å²) in [4.78, 5) is 41.3. The van der Waals surface area contributed by atoms with E-state index in [1.807, 2.05) is 32.3 Å². The van der Waals surface area contributed by atoms with Gasteiger partial charge in [0.1, 0.15) is 11.4 Å². The van der Waals surface area contributed by atoms with E-state index in [-0.39, 0.29) is 24.2 Å². The zero-order valence-corrected chi connectivity index (χ0v) is 21.0. The molecule has 180 valence electrons. The smallest absolute Gasteiger partial charge is 0.355 e. The van der Waals surface area contributed by atoms with Crippen molar-refractivity contribution in [2.24, 2.45) is 5.92 Å². The molecule has 0 N–H and O–H groups in total. The van der Waals surface area contributed by atoms with Crippen LogP contribution >= 0.6 is 0 Å². The van der Waals surface area contributed by atoms with Crippen LogP contribution in [-0.2, 0) is 11.3 Å². The number of amides is 1. The monoisotopic (exact) mass is 456 g/mol. The van der Waals surface area contributed by atoms with Crippen molar-refractivity contribution >= 4 is 17.7 Å². The molecule has 1 unspecified atom stereocenters. The van der Waals surface area contributed by atoms with E-state index in [2.05, 4.69) is 0 Å². The molecule has 1 heterocycles. The van der Waals surface area contributed by atoms with Gasteiger partial charge in [-0.1, -0.05) is 13.8 Å². The lowest BCUT2D eigenvalue weighted by Gasteiger charge is -2.30. The maximum Gasteiger partial charge on any atom is 0.355 e. The predicted octanol–water partition coefficient (Wildman–Crippen LogP) is 4.68. The number of ketones is 1. The second-order valence-corrected chi connectivity index (χ2v) is 8.52. The first-order valence-corrected chi connectivity index (χ1v) is 11.4. The first-order valence-electron chi connectivity index (χ1n) is 11.4. The Morgan fingerprint density at radius 3 is 2.12 bits per heavy atom. The van der Waals surface area contributed by atoms with Gasteiger partial charge in [-0.25, -0.2) is 4.79 Å². The van der Waals surface area contributed by atoms with E-state index in [1.165, 1.54) is 0 Å². The van der Waals surface area contributed by atoms with Crippen LogP contribution in [-0.4, -0.2) is 53.4 Å². The SMILES string of the molecule is CCOC(=O)c1c(C)c(C(=O)C(C)N(CC(C)C)C(=O)c2ccc(OC)cc2)c(C)n1CC. The van der Waals surface area contributed by atoms with Crippen molar-refractivity contribution in [3.63, 3.8) is 0 Å². The lowest BCUT2D eigenvalue weighted by atomic mass is 9.98. The number of hydrogen-bond donors (Lipinski definition) is 0. The molecule has 1 amide bonds. The van der Waals surface area contributed by atoms with Crippen LogP contribution in [0.3, 0.4) is 0 Å². The fourth-order valence-corrected chi connectivity index (χ4v) is 4.18. The van der Waals surface area contributed by atoms with Gasteiger partial charge >= 0.3 is 5.97 Å². The van der Waals surface area contributed by atoms with Gasteiger partial charge in [0.25, 0.3) is 5.91 Å². The largest absolute Gasteiger partial charge is 0.497 e. The zero-order chi connectivity index (χ0) is 24.9. The van der Waals surface area contributed by atoms with Crippen LogP contribution < -0.4 is 4.74 Å². The highest BCUT2D eigenvalue weighted by Crippen LogP contribution is 2.26. The predicted molar refractivity (Wildman–Crippen MR) is 128 cm³/mol. The first-order chi connectivity index (χ1) is 15.6. The third kappa shape index (κ3) is 5.46. The van der Waals surface area contributed by atoms with Crippen molar-refractivity contribution in [1.29, 1.82) is 0 Å². The molecule has 1 aromatic carbocycles. The lowest BCUT2D eigenvalue weighted by Crippen LogP contribution is -2.45. The molecule has 7 nitrogen and oxygen atoms in total. The van der Waals surface area contributed by atoms with Crippen LogP contribution in [0.15, 0.2) is 24.3 Å². The topological polar surface area (TPSA) is 77.8 Å². The minimum Gasteiger partial charge on any atom is -0.497 e. The van der Waals surface area contributed by atoms with E-state index in [0.717, 1.165) is 0 Å². The molecule has 0 aliphatic rings. The normalized spacial score (nSPS) is 11.9. The molecular weight excluding hydrogens is 420 g/mol. The highest BCUT2D eigenvalue weighted by atomic mass is 16.5. The van der Waals surface area contributed by atoms with E-state index in [4.69, 9.17) is 9.47 Å². The molecule has 2 aromatic rings. The average Bonchev–Trinajstić information content (AvgIpc) is 3.05. The number of aromatic nitrogens is 1. The number of carbonyl (C=O) groups is 3. The minimum absolute atomic E-state index is 0.167. The molecule has 7 heteroatoms. The number of ether oxygens (including phenoxy) is 2. The van der Waals surface area contributed by atoms with Crippen molar-refractivity contribution in [2.45, 2.75) is 61.1 Å². The lowest BCUT2D eigenvalue weighted by molar-refractivity contribution is 0.0512. The quantitative estimate of drug-likeness (QED) is 0.383. The van der Waals surface area contributed by atoms with Gasteiger partial charge in [-0.15, -0.1) is 0 Å². The zero-order valence-electron chi connectivity index (χ0n) is 21.0. The standard InChI is InChI=1S/C26H36N2O5/c1-9-27-18(6)22(17(5)23(27)26(31)33-10-2)24(29)19(7)28(15-16(3)4)25(30)20-11-13-21(32-8)14-12-20/h11-14,16,19H,9-10,15H2,1-8H3. The molecule has 0 radical (unpaired) electrons. The molecule has 33 heavy (non-hydrogen) atoms. The minimum atomic E-state index is -0.706. The highest BCUT2D eigenvalue weighted by molar-refractivity contribution is 6.07. The number of hydrogen-bond acceptors (Lipinski definition) is 5. The van der Waals surface area contributed by atoms with E-state index < -0.39 is 12.0 Å². The van der Waals surface area contributed by atoms with Crippen molar-refractivity contribution in [3.05, 3.63) is 52.3 Å². The maximum atomic E-state index is 13.7. The summed E-state index contributed by atoms with van der Waals surface area (Å²) < 4.78 is 12.2. The third-order valence-electron chi connectivity index (χ3n) is 5.80. The molecule has 2 rings (SSSR count). The molecule has 0 aliphatic heterocycles. The van der Waals surface area contributed by atoms with Gasteiger partial charge < -0.3 is 18.9 Å². The molecular formula is C26H36N2O5. The van der Waals surface area contributed by atoms with Gasteiger partial charge in [0.15, 0.2) is 5.78 Å². The molecule has 0 saturated heterocycles. The number of methoxy groups -OCH3 is 1. The Hall–Kier alpha value is -3.09. The Morgan fingerprint density at radius 2 is 1.64 bits per heavy atom. The Labute approximate surface area is 196 Å². The van der Waals surface area contributed by atoms with E-state index in [9.17, 15) is 14.4 Å². The fourth-order valence-electron chi connectivity index (χ4n) is 4.18. The second kappa shape index (κ2) is 11.2. The number of nitrogens with zero attached hydrogens (tertiary/aromatic N) is 2. The molecule has 1 atom stereocenters. The van der Waals surface area contributed by atoms with Crippen molar-refractivity contribution in [3.8, 4) is 5.75 Å². The van der Waals surface area contributed by atoms with Gasteiger partial charge in [0, 0.05) is 29.9 Å². The Kier molecular flexibility index (Phi) is 8.85. The number of carbonyl (C=O) groups excluding carboxylic acids is 3. The third-order valence-corrected chi connectivity index (χ3v) is 5.80. The molecule has 0 aliphatic carbocycles. The maximum absolute atomic E-state index is 13.7. The van der Waals surface area contributed by atoms with Gasteiger partial charge in [-0.3, -0.25) is 9.59 Å². The second-order valence-electron chi connectivity index (χ2n) is 8.52. The molecule has 0 spiro atoms. The summed E-state index contributed by atoms with van der Waals surface area (Å²) in [6.07, 6.45) is 0. The van der Waals surface area contributed by atoms with Crippen LogP contribution in [0.25, 0.3) is 0 Å². The molecule has 0 saturated carbocycles. The van der Waals surface area contributed by atoms with Crippen LogP contribution in [0.4, 0.5) is 0 Å². The summed E-state index contributed by atoms with van der Waals surface area (Å²) in [5.74, 6) is -0.0296. The van der Waals surface area contributed by atoms with E-state index >= 15 is 0 Å². The van der Waals surface area contributed by atoms with E-state index in [1.54, 1.807) is 57.0 Å². The Morgan fingerprint density at radius 1 is 1.03 bits per heavy atom. The highest BCUT2D eigenvalue weighted by Gasteiger charge is 2.33. The summed E-state index contributed by atoms with van der Waals surface area (Å²) in [6, 6.07) is 6.16. The van der Waals surface area contributed by atoms with Crippen molar-refractivity contribution in [2.75, 3.05) is 20.3 Å². The van der Waals surface area contributed by atoms with Crippen LogP contribution in [0.1, 0.15) is 77.1 Å². The van der Waals surface area contributed by atoms with E-state index in [0.29, 0.717) is 46.9 Å². The van der Waals surface area contributed by atoms with Gasteiger partial charge in [-0.2, -0.15) is 0 Å². The number of rotatable bonds is 10. The average molecular weight is 457 g/mol. The fraction of sp³-hybridized carbons (Fsp3) is 0.500. The van der Waals surface area contributed by atoms with Crippen molar-refractivity contribution < 1.29 is 23.9 Å². The van der Waals surface area contributed by atoms with Crippen LogP contribution in [0, 0.1) is 19.8 Å². The summed E-state index contributed by atoms with van der Waals surface area (Å²) in [7, 11) is 1.57. The molecule has 0 fully saturated rings. The Bertz CT molecular complexity index is 1000. The molecule has 0 bridgehead atoms. The number of benzene rings is 1. The number of Topliss-reactive ketones (excluding diaryl/α,β-unsaturated/α-hetero) is 1. The molecule has 1 aromatic heterocycles.